The van der Waals surface area contributed by atoms with Crippen molar-refractivity contribution < 1.29 is 17.2 Å². The van der Waals surface area contributed by atoms with Gasteiger partial charge in [0.25, 0.3) is 15.6 Å². The summed E-state index contributed by atoms with van der Waals surface area (Å²) in [6.07, 6.45) is 0. The first-order chi connectivity index (χ1) is 11.2. The van der Waals surface area contributed by atoms with Crippen LogP contribution in [0, 0.1) is 18.6 Å². The van der Waals surface area contributed by atoms with E-state index in [-0.39, 0.29) is 11.2 Å². The molecular weight excluding hydrogens is 338 g/mol. The summed E-state index contributed by atoms with van der Waals surface area (Å²) < 4.78 is 53.2. The van der Waals surface area contributed by atoms with Gasteiger partial charge in [-0.25, -0.2) is 17.2 Å². The maximum Gasteiger partial charge on any atom is 0.262 e. The van der Waals surface area contributed by atoms with Crippen LogP contribution in [-0.4, -0.2) is 13.4 Å². The van der Waals surface area contributed by atoms with Crippen molar-refractivity contribution in [3.63, 3.8) is 0 Å². The van der Waals surface area contributed by atoms with Crippen LogP contribution in [0.15, 0.2) is 52.2 Å². The highest BCUT2D eigenvalue weighted by Gasteiger charge is 2.17. The second-order valence-corrected chi connectivity index (χ2v) is 6.98. The predicted octanol–water partition coefficient (Wildman–Crippen LogP) is 2.92. The minimum absolute atomic E-state index is 0.207. The first kappa shape index (κ1) is 16.1. The lowest BCUT2D eigenvalue weighted by Crippen LogP contribution is -2.14. The van der Waals surface area contributed by atoms with Gasteiger partial charge in [-0.3, -0.25) is 9.52 Å². The normalized spacial score (nSPS) is 11.6. The van der Waals surface area contributed by atoms with E-state index in [1.54, 1.807) is 19.1 Å². The Kier molecular flexibility index (Phi) is 3.84. The van der Waals surface area contributed by atoms with E-state index in [1.165, 1.54) is 12.1 Å². The standard InChI is InChI=1S/C16H12F2N2O3S/c1-9-4-10-5-13(2-3-15(10)19-16(9)21)20-24(22,23)14-7-11(17)6-12(18)8-14/h2-8,20H,1H3,(H,19,21). The van der Waals surface area contributed by atoms with Gasteiger partial charge in [0.05, 0.1) is 4.90 Å². The summed E-state index contributed by atoms with van der Waals surface area (Å²) in [6.45, 7) is 1.63. The van der Waals surface area contributed by atoms with E-state index in [2.05, 4.69) is 9.71 Å². The Morgan fingerprint density at radius 2 is 1.67 bits per heavy atom. The monoisotopic (exact) mass is 350 g/mol. The summed E-state index contributed by atoms with van der Waals surface area (Å²) in [7, 11) is -4.15. The fourth-order valence-corrected chi connectivity index (χ4v) is 3.37. The van der Waals surface area contributed by atoms with Gasteiger partial charge in [-0.1, -0.05) is 0 Å². The first-order valence-electron chi connectivity index (χ1n) is 6.87. The second-order valence-electron chi connectivity index (χ2n) is 5.29. The highest BCUT2D eigenvalue weighted by Crippen LogP contribution is 2.21. The smallest absolute Gasteiger partial charge is 0.262 e. The van der Waals surface area contributed by atoms with Crippen molar-refractivity contribution >= 4 is 26.6 Å². The fourth-order valence-electron chi connectivity index (χ4n) is 2.28. The van der Waals surface area contributed by atoms with Crippen molar-refractivity contribution in [2.75, 3.05) is 4.72 Å². The summed E-state index contributed by atoms with van der Waals surface area (Å²) in [6, 6.07) is 8.18. The number of benzene rings is 2. The molecule has 0 aliphatic heterocycles. The van der Waals surface area contributed by atoms with E-state index in [0.29, 0.717) is 22.5 Å². The SMILES string of the molecule is Cc1cc2cc(NS(=O)(=O)c3cc(F)cc(F)c3)ccc2[nH]c1=O. The van der Waals surface area contributed by atoms with Crippen LogP contribution in [0.1, 0.15) is 5.56 Å². The number of H-pyrrole nitrogens is 1. The molecule has 2 N–H and O–H groups in total. The maximum absolute atomic E-state index is 13.2. The van der Waals surface area contributed by atoms with Crippen LogP contribution >= 0.6 is 0 Å². The molecule has 0 amide bonds. The Balaban J connectivity index is 2.02. The van der Waals surface area contributed by atoms with Gasteiger partial charge in [0, 0.05) is 28.2 Å². The quantitative estimate of drug-likeness (QED) is 0.762. The van der Waals surface area contributed by atoms with Gasteiger partial charge >= 0.3 is 0 Å². The van der Waals surface area contributed by atoms with Gasteiger partial charge in [0.2, 0.25) is 0 Å². The Hall–Kier alpha value is -2.74. The zero-order valence-corrected chi connectivity index (χ0v) is 13.2. The Morgan fingerprint density at radius 1 is 1.00 bits per heavy atom. The number of pyridine rings is 1. The minimum atomic E-state index is -4.15. The molecule has 0 radical (unpaired) electrons. The molecule has 3 rings (SSSR count). The largest absolute Gasteiger partial charge is 0.322 e. The molecule has 3 aromatic rings. The van der Waals surface area contributed by atoms with Crippen LogP contribution in [0.4, 0.5) is 14.5 Å². The third-order valence-electron chi connectivity index (χ3n) is 3.43. The van der Waals surface area contributed by atoms with Crippen LogP contribution in [-0.2, 0) is 10.0 Å². The molecule has 0 atom stereocenters. The van der Waals surface area contributed by atoms with E-state index in [9.17, 15) is 22.0 Å². The molecule has 8 heteroatoms. The lowest BCUT2D eigenvalue weighted by atomic mass is 10.1. The molecule has 0 aliphatic carbocycles. The number of fused-ring (bicyclic) bond motifs is 1. The number of halogens is 2. The van der Waals surface area contributed by atoms with Gasteiger partial charge in [-0.15, -0.1) is 0 Å². The van der Waals surface area contributed by atoms with Crippen molar-refractivity contribution in [1.82, 2.24) is 4.98 Å². The highest BCUT2D eigenvalue weighted by atomic mass is 32.2. The summed E-state index contributed by atoms with van der Waals surface area (Å²) in [5, 5.41) is 0.623. The molecule has 1 heterocycles. The number of aromatic amines is 1. The number of sulfonamides is 1. The van der Waals surface area contributed by atoms with Crippen molar-refractivity contribution in [3.05, 3.63) is 70.0 Å². The van der Waals surface area contributed by atoms with E-state index in [1.807, 2.05) is 0 Å². The average Bonchev–Trinajstić information content (AvgIpc) is 2.47. The third-order valence-corrected chi connectivity index (χ3v) is 4.79. The van der Waals surface area contributed by atoms with E-state index >= 15 is 0 Å². The first-order valence-corrected chi connectivity index (χ1v) is 8.35. The van der Waals surface area contributed by atoms with Crippen molar-refractivity contribution in [1.29, 1.82) is 0 Å². The molecule has 5 nitrogen and oxygen atoms in total. The predicted molar refractivity (Wildman–Crippen MR) is 86.5 cm³/mol. The number of aryl methyl sites for hydroxylation is 1. The number of nitrogens with one attached hydrogen (secondary N) is 2. The molecule has 0 unspecified atom stereocenters. The number of rotatable bonds is 3. The topological polar surface area (TPSA) is 79.0 Å². The van der Waals surface area contributed by atoms with Gasteiger partial charge in [-0.2, -0.15) is 0 Å². The minimum Gasteiger partial charge on any atom is -0.322 e. The van der Waals surface area contributed by atoms with Crippen LogP contribution < -0.4 is 10.3 Å². The second kappa shape index (κ2) is 5.72. The summed E-state index contributed by atoms with van der Waals surface area (Å²) >= 11 is 0. The average molecular weight is 350 g/mol. The lowest BCUT2D eigenvalue weighted by molar-refractivity contribution is 0.568. The third kappa shape index (κ3) is 3.13. The molecular formula is C16H12F2N2O3S. The van der Waals surface area contributed by atoms with E-state index < -0.39 is 26.6 Å². The Labute approximate surface area is 136 Å². The summed E-state index contributed by atoms with van der Waals surface area (Å²) in [4.78, 5) is 13.7. The van der Waals surface area contributed by atoms with Crippen molar-refractivity contribution in [3.8, 4) is 0 Å². The zero-order valence-electron chi connectivity index (χ0n) is 12.4. The maximum atomic E-state index is 13.2. The molecule has 24 heavy (non-hydrogen) atoms. The van der Waals surface area contributed by atoms with Gasteiger partial charge < -0.3 is 4.98 Å². The molecule has 1 aromatic heterocycles. The molecule has 2 aromatic carbocycles. The molecule has 0 bridgehead atoms. The van der Waals surface area contributed by atoms with Gasteiger partial charge in [0.15, 0.2) is 0 Å². The van der Waals surface area contributed by atoms with Crippen molar-refractivity contribution in [2.24, 2.45) is 0 Å². The molecule has 0 saturated heterocycles. The summed E-state index contributed by atoms with van der Waals surface area (Å²) in [5.74, 6) is -1.97. The van der Waals surface area contributed by atoms with Gasteiger partial charge in [0.1, 0.15) is 11.6 Å². The molecule has 124 valence electrons. The number of hydrogen-bond donors (Lipinski definition) is 2. The molecule has 0 fully saturated rings. The molecule has 0 aliphatic rings. The highest BCUT2D eigenvalue weighted by molar-refractivity contribution is 7.92. The van der Waals surface area contributed by atoms with Crippen molar-refractivity contribution in [2.45, 2.75) is 11.8 Å². The lowest BCUT2D eigenvalue weighted by Gasteiger charge is -2.09. The van der Waals surface area contributed by atoms with Crippen LogP contribution in [0.3, 0.4) is 0 Å². The fraction of sp³-hybridized carbons (Fsp3) is 0.0625. The number of hydrogen-bond acceptors (Lipinski definition) is 3. The van der Waals surface area contributed by atoms with E-state index in [0.717, 1.165) is 12.1 Å². The summed E-state index contributed by atoms with van der Waals surface area (Å²) in [5.41, 5.74) is 1.00. The van der Waals surface area contributed by atoms with Crippen LogP contribution in [0.5, 0.6) is 0 Å². The molecule has 0 spiro atoms. The molecule has 0 saturated carbocycles. The van der Waals surface area contributed by atoms with Crippen LogP contribution in [0.25, 0.3) is 10.9 Å². The Bertz CT molecular complexity index is 1090. The number of aromatic nitrogens is 1. The number of anilines is 1. The Morgan fingerprint density at radius 3 is 2.33 bits per heavy atom. The zero-order chi connectivity index (χ0) is 17.5. The van der Waals surface area contributed by atoms with E-state index in [4.69, 9.17) is 0 Å². The van der Waals surface area contributed by atoms with Crippen LogP contribution in [0.2, 0.25) is 0 Å². The van der Waals surface area contributed by atoms with Gasteiger partial charge in [-0.05, 0) is 43.3 Å².